The van der Waals surface area contributed by atoms with Crippen molar-refractivity contribution in [2.45, 2.75) is 82.8 Å². The first-order valence-electron chi connectivity index (χ1n) is 10.2. The fraction of sp³-hybridized carbons (Fsp3) is 0.727. The third-order valence-electron chi connectivity index (χ3n) is 8.06. The normalized spacial score (nSPS) is 40.6. The Kier molecular flexibility index (Phi) is 3.36. The standard InChI is InChI=1S/C22H31BO2/c1-20(2)21(3,4)25-23(24-20)19-7-5-6-18(11-19)22-12-15-8-16(13-22)10-17(9-15)14-22/h5-7,11,15-17H,8-10,12-14H2,1-4H3. The molecule has 4 bridgehead atoms. The lowest BCUT2D eigenvalue weighted by Gasteiger charge is -2.57. The fourth-order valence-corrected chi connectivity index (χ4v) is 6.46. The van der Waals surface area contributed by atoms with Gasteiger partial charge in [0.15, 0.2) is 0 Å². The molecular formula is C22H31BO2. The van der Waals surface area contributed by atoms with Crippen LogP contribution in [0.15, 0.2) is 24.3 Å². The summed E-state index contributed by atoms with van der Waals surface area (Å²) in [6.07, 6.45) is 8.71. The van der Waals surface area contributed by atoms with Crippen LogP contribution in [0.3, 0.4) is 0 Å². The molecule has 0 atom stereocenters. The van der Waals surface area contributed by atoms with Gasteiger partial charge in [0.1, 0.15) is 0 Å². The van der Waals surface area contributed by atoms with Crippen LogP contribution in [0.5, 0.6) is 0 Å². The maximum atomic E-state index is 6.30. The minimum absolute atomic E-state index is 0.237. The third kappa shape index (κ3) is 2.45. The Morgan fingerprint density at radius 1 is 0.840 bits per heavy atom. The molecule has 1 aromatic rings. The molecule has 0 radical (unpaired) electrons. The Morgan fingerprint density at radius 2 is 1.36 bits per heavy atom. The summed E-state index contributed by atoms with van der Waals surface area (Å²) in [7, 11) is -0.237. The topological polar surface area (TPSA) is 18.5 Å². The van der Waals surface area contributed by atoms with E-state index in [1.54, 1.807) is 5.56 Å². The molecule has 134 valence electrons. The molecule has 2 nitrogen and oxygen atoms in total. The molecule has 0 spiro atoms. The Labute approximate surface area is 152 Å². The van der Waals surface area contributed by atoms with Gasteiger partial charge >= 0.3 is 7.12 Å². The molecule has 1 saturated heterocycles. The predicted octanol–water partition coefficient (Wildman–Crippen LogP) is 4.45. The van der Waals surface area contributed by atoms with Gasteiger partial charge in [0, 0.05) is 0 Å². The van der Waals surface area contributed by atoms with E-state index >= 15 is 0 Å². The molecule has 1 heterocycles. The molecule has 3 heteroatoms. The van der Waals surface area contributed by atoms with E-state index in [4.69, 9.17) is 9.31 Å². The lowest BCUT2D eigenvalue weighted by atomic mass is 9.48. The molecule has 0 aromatic heterocycles. The second-order valence-corrected chi connectivity index (χ2v) is 10.4. The van der Waals surface area contributed by atoms with E-state index in [9.17, 15) is 0 Å². The van der Waals surface area contributed by atoms with Gasteiger partial charge < -0.3 is 9.31 Å². The summed E-state index contributed by atoms with van der Waals surface area (Å²) in [4.78, 5) is 0. The second-order valence-electron chi connectivity index (χ2n) is 10.4. The first kappa shape index (κ1) is 16.4. The van der Waals surface area contributed by atoms with Crippen LogP contribution in [-0.4, -0.2) is 18.3 Å². The lowest BCUT2D eigenvalue weighted by molar-refractivity contribution is -0.00515. The number of hydrogen-bond acceptors (Lipinski definition) is 2. The van der Waals surface area contributed by atoms with Gasteiger partial charge in [-0.25, -0.2) is 0 Å². The van der Waals surface area contributed by atoms with Crippen molar-refractivity contribution in [3.05, 3.63) is 29.8 Å². The Hall–Kier alpha value is -0.795. The van der Waals surface area contributed by atoms with Crippen LogP contribution in [0.1, 0.15) is 71.8 Å². The lowest BCUT2D eigenvalue weighted by Crippen LogP contribution is -2.49. The number of hydrogen-bond donors (Lipinski definition) is 0. The Bertz CT molecular complexity index is 642. The minimum atomic E-state index is -0.269. The molecule has 0 N–H and O–H groups in total. The summed E-state index contributed by atoms with van der Waals surface area (Å²) >= 11 is 0. The molecule has 5 fully saturated rings. The highest BCUT2D eigenvalue weighted by atomic mass is 16.7. The SMILES string of the molecule is CC1(C)OB(c2cccc(C34CC5CC(CC(C5)C3)C4)c2)OC1(C)C. The van der Waals surface area contributed by atoms with Crippen molar-refractivity contribution in [3.8, 4) is 0 Å². The maximum absolute atomic E-state index is 6.30. The summed E-state index contributed by atoms with van der Waals surface area (Å²) < 4.78 is 12.6. The zero-order valence-electron chi connectivity index (χ0n) is 16.2. The quantitative estimate of drug-likeness (QED) is 0.742. The van der Waals surface area contributed by atoms with E-state index in [1.807, 2.05) is 0 Å². The molecule has 25 heavy (non-hydrogen) atoms. The molecule has 1 aliphatic heterocycles. The van der Waals surface area contributed by atoms with Gasteiger partial charge in [0.05, 0.1) is 11.2 Å². The van der Waals surface area contributed by atoms with Crippen molar-refractivity contribution in [1.82, 2.24) is 0 Å². The molecule has 4 aliphatic carbocycles. The van der Waals surface area contributed by atoms with Crippen LogP contribution in [0.2, 0.25) is 0 Å². The largest absolute Gasteiger partial charge is 0.494 e. The number of rotatable bonds is 2. The fourth-order valence-electron chi connectivity index (χ4n) is 6.46. The van der Waals surface area contributed by atoms with E-state index in [1.165, 1.54) is 44.0 Å². The summed E-state index contributed by atoms with van der Waals surface area (Å²) in [5.41, 5.74) is 2.66. The van der Waals surface area contributed by atoms with Gasteiger partial charge in [0.2, 0.25) is 0 Å². The van der Waals surface area contributed by atoms with Crippen molar-refractivity contribution >= 4 is 12.6 Å². The van der Waals surface area contributed by atoms with Crippen LogP contribution in [0, 0.1) is 17.8 Å². The van der Waals surface area contributed by atoms with Crippen LogP contribution < -0.4 is 5.46 Å². The third-order valence-corrected chi connectivity index (χ3v) is 8.06. The van der Waals surface area contributed by atoms with E-state index < -0.39 is 0 Å². The molecular weight excluding hydrogens is 307 g/mol. The Balaban J connectivity index is 1.47. The van der Waals surface area contributed by atoms with Crippen molar-refractivity contribution in [1.29, 1.82) is 0 Å². The maximum Gasteiger partial charge on any atom is 0.494 e. The molecule has 1 aromatic carbocycles. The van der Waals surface area contributed by atoms with Crippen molar-refractivity contribution in [2.75, 3.05) is 0 Å². The van der Waals surface area contributed by atoms with E-state index in [-0.39, 0.29) is 18.3 Å². The van der Waals surface area contributed by atoms with Gasteiger partial charge in [-0.15, -0.1) is 0 Å². The van der Waals surface area contributed by atoms with Gasteiger partial charge in [-0.05, 0) is 100 Å². The van der Waals surface area contributed by atoms with E-state index in [0.29, 0.717) is 5.41 Å². The monoisotopic (exact) mass is 338 g/mol. The van der Waals surface area contributed by atoms with Crippen LogP contribution >= 0.6 is 0 Å². The predicted molar refractivity (Wildman–Crippen MR) is 102 cm³/mol. The molecule has 0 amide bonds. The van der Waals surface area contributed by atoms with Crippen molar-refractivity contribution < 1.29 is 9.31 Å². The van der Waals surface area contributed by atoms with Crippen molar-refractivity contribution in [2.24, 2.45) is 17.8 Å². The highest BCUT2D eigenvalue weighted by molar-refractivity contribution is 6.62. The molecule has 6 rings (SSSR count). The first-order valence-corrected chi connectivity index (χ1v) is 10.2. The van der Waals surface area contributed by atoms with E-state index in [0.717, 1.165) is 17.8 Å². The number of benzene rings is 1. The Morgan fingerprint density at radius 3 is 1.88 bits per heavy atom. The summed E-state index contributed by atoms with van der Waals surface area (Å²) in [5.74, 6) is 2.94. The van der Waals surface area contributed by atoms with Crippen LogP contribution in [0.4, 0.5) is 0 Å². The smallest absolute Gasteiger partial charge is 0.399 e. The van der Waals surface area contributed by atoms with Crippen LogP contribution in [-0.2, 0) is 14.7 Å². The average Bonchev–Trinajstić information content (AvgIpc) is 2.74. The van der Waals surface area contributed by atoms with Gasteiger partial charge in [0.25, 0.3) is 0 Å². The first-order chi connectivity index (χ1) is 11.8. The average molecular weight is 338 g/mol. The van der Waals surface area contributed by atoms with Gasteiger partial charge in [-0.1, -0.05) is 24.3 Å². The molecule has 5 aliphatic rings. The highest BCUT2D eigenvalue weighted by Gasteiger charge is 2.53. The summed E-state index contributed by atoms with van der Waals surface area (Å²) in [5, 5.41) is 0. The van der Waals surface area contributed by atoms with Gasteiger partial charge in [-0.2, -0.15) is 0 Å². The summed E-state index contributed by atoms with van der Waals surface area (Å²) in [6, 6.07) is 9.21. The molecule has 0 unspecified atom stereocenters. The highest BCUT2D eigenvalue weighted by Crippen LogP contribution is 2.60. The van der Waals surface area contributed by atoms with Gasteiger partial charge in [-0.3, -0.25) is 0 Å². The van der Waals surface area contributed by atoms with Crippen molar-refractivity contribution in [3.63, 3.8) is 0 Å². The van der Waals surface area contributed by atoms with E-state index in [2.05, 4.69) is 52.0 Å². The molecule has 4 saturated carbocycles. The zero-order chi connectivity index (χ0) is 17.4. The summed E-state index contributed by atoms with van der Waals surface area (Å²) in [6.45, 7) is 8.54. The van der Waals surface area contributed by atoms with Crippen LogP contribution in [0.25, 0.3) is 0 Å². The minimum Gasteiger partial charge on any atom is -0.399 e. The zero-order valence-corrected chi connectivity index (χ0v) is 16.2. The second kappa shape index (κ2) is 5.13.